The first kappa shape index (κ1) is 13.2. The molecular formula is C13H26FN3. The van der Waals surface area contributed by atoms with Crippen molar-refractivity contribution >= 4 is 0 Å². The number of piperazine rings is 1. The molecular weight excluding hydrogens is 217 g/mol. The Labute approximate surface area is 104 Å². The van der Waals surface area contributed by atoms with E-state index in [1.165, 1.54) is 0 Å². The standard InChI is InChI=1S/C13H26FN3/c1-3-16-7-4-13(14,5-8-16)11-17-9-6-15-12(2)10-17/h12,15H,3-11H2,1-2H3/t12-/m0/s1. The molecule has 0 aromatic rings. The predicted octanol–water partition coefficient (Wildman–Crippen LogP) is 1.10. The molecule has 2 aliphatic rings. The van der Waals surface area contributed by atoms with E-state index in [9.17, 15) is 4.39 Å². The Balaban J connectivity index is 1.81. The Bertz CT molecular complexity index is 239. The number of hydrogen-bond donors (Lipinski definition) is 1. The number of halogens is 1. The highest BCUT2D eigenvalue weighted by Crippen LogP contribution is 2.27. The van der Waals surface area contributed by atoms with Crippen LogP contribution in [0.3, 0.4) is 0 Å². The average Bonchev–Trinajstić information content (AvgIpc) is 2.29. The van der Waals surface area contributed by atoms with Crippen molar-refractivity contribution in [2.45, 2.75) is 38.4 Å². The number of alkyl halides is 1. The van der Waals surface area contributed by atoms with E-state index in [-0.39, 0.29) is 0 Å². The third-order valence-corrected chi connectivity index (χ3v) is 4.16. The Kier molecular flexibility index (Phi) is 4.39. The molecule has 0 amide bonds. The van der Waals surface area contributed by atoms with Crippen LogP contribution in [0.25, 0.3) is 0 Å². The van der Waals surface area contributed by atoms with Gasteiger partial charge in [-0.15, -0.1) is 0 Å². The van der Waals surface area contributed by atoms with Crippen molar-refractivity contribution in [2.75, 3.05) is 45.8 Å². The molecule has 1 N–H and O–H groups in total. The highest BCUT2D eigenvalue weighted by Gasteiger charge is 2.36. The van der Waals surface area contributed by atoms with E-state index in [2.05, 4.69) is 29.0 Å². The van der Waals surface area contributed by atoms with E-state index in [1.807, 2.05) is 0 Å². The summed E-state index contributed by atoms with van der Waals surface area (Å²) in [5.74, 6) is 0. The zero-order valence-electron chi connectivity index (χ0n) is 11.2. The van der Waals surface area contributed by atoms with Gasteiger partial charge in [0.05, 0.1) is 0 Å². The summed E-state index contributed by atoms with van der Waals surface area (Å²) in [6.45, 7) is 10.9. The van der Waals surface area contributed by atoms with Crippen LogP contribution in [0, 0.1) is 0 Å². The van der Waals surface area contributed by atoms with Gasteiger partial charge in [0.1, 0.15) is 5.67 Å². The lowest BCUT2D eigenvalue weighted by Gasteiger charge is -2.41. The zero-order chi connectivity index (χ0) is 12.3. The molecule has 2 rings (SSSR count). The molecule has 100 valence electrons. The molecule has 0 aliphatic carbocycles. The van der Waals surface area contributed by atoms with Crippen LogP contribution in [-0.2, 0) is 0 Å². The van der Waals surface area contributed by atoms with Crippen molar-refractivity contribution < 1.29 is 4.39 Å². The fourth-order valence-corrected chi connectivity index (χ4v) is 2.98. The van der Waals surface area contributed by atoms with Crippen molar-refractivity contribution in [3.8, 4) is 0 Å². The van der Waals surface area contributed by atoms with Gasteiger partial charge in [-0.3, -0.25) is 4.90 Å². The molecule has 2 heterocycles. The quantitative estimate of drug-likeness (QED) is 0.801. The third-order valence-electron chi connectivity index (χ3n) is 4.16. The molecule has 0 radical (unpaired) electrons. The summed E-state index contributed by atoms with van der Waals surface area (Å²) >= 11 is 0. The van der Waals surface area contributed by atoms with E-state index in [0.29, 0.717) is 25.4 Å². The molecule has 0 spiro atoms. The van der Waals surface area contributed by atoms with Crippen LogP contribution in [0.4, 0.5) is 4.39 Å². The maximum atomic E-state index is 14.7. The van der Waals surface area contributed by atoms with Crippen molar-refractivity contribution in [1.82, 2.24) is 15.1 Å². The number of nitrogens with one attached hydrogen (secondary N) is 1. The van der Waals surface area contributed by atoms with E-state index < -0.39 is 5.67 Å². The average molecular weight is 243 g/mol. The zero-order valence-corrected chi connectivity index (χ0v) is 11.2. The molecule has 0 bridgehead atoms. The predicted molar refractivity (Wildman–Crippen MR) is 69.1 cm³/mol. The minimum absolute atomic E-state index is 0.503. The monoisotopic (exact) mass is 243 g/mol. The van der Waals surface area contributed by atoms with Gasteiger partial charge >= 0.3 is 0 Å². The molecule has 0 aromatic heterocycles. The van der Waals surface area contributed by atoms with Gasteiger partial charge in [-0.25, -0.2) is 4.39 Å². The van der Waals surface area contributed by atoms with E-state index >= 15 is 0 Å². The van der Waals surface area contributed by atoms with Crippen LogP contribution in [0.2, 0.25) is 0 Å². The summed E-state index contributed by atoms with van der Waals surface area (Å²) in [6, 6.07) is 0.503. The van der Waals surface area contributed by atoms with Gasteiger partial charge in [0.25, 0.3) is 0 Å². The van der Waals surface area contributed by atoms with Crippen molar-refractivity contribution in [3.05, 3.63) is 0 Å². The first-order chi connectivity index (χ1) is 8.11. The minimum atomic E-state index is -0.942. The first-order valence-electron chi connectivity index (χ1n) is 6.98. The van der Waals surface area contributed by atoms with Crippen LogP contribution in [0.1, 0.15) is 26.7 Å². The maximum absolute atomic E-state index is 14.7. The second-order valence-electron chi connectivity index (χ2n) is 5.68. The molecule has 17 heavy (non-hydrogen) atoms. The van der Waals surface area contributed by atoms with Crippen LogP contribution in [-0.4, -0.2) is 67.3 Å². The van der Waals surface area contributed by atoms with Crippen LogP contribution >= 0.6 is 0 Å². The molecule has 1 atom stereocenters. The number of nitrogens with zero attached hydrogens (tertiary/aromatic N) is 2. The summed E-state index contributed by atoms with van der Waals surface area (Å²) in [6.07, 6.45) is 1.41. The lowest BCUT2D eigenvalue weighted by molar-refractivity contribution is 0.0190. The van der Waals surface area contributed by atoms with Gasteiger partial charge in [-0.1, -0.05) is 6.92 Å². The Morgan fingerprint density at radius 3 is 2.53 bits per heavy atom. The summed E-state index contributed by atoms with van der Waals surface area (Å²) in [4.78, 5) is 4.64. The van der Waals surface area contributed by atoms with Crippen molar-refractivity contribution in [3.63, 3.8) is 0 Å². The van der Waals surface area contributed by atoms with Gasteiger partial charge in [-0.05, 0) is 26.3 Å². The van der Waals surface area contributed by atoms with E-state index in [0.717, 1.165) is 39.3 Å². The van der Waals surface area contributed by atoms with Crippen LogP contribution in [0.5, 0.6) is 0 Å². The molecule has 3 nitrogen and oxygen atoms in total. The number of piperidine rings is 1. The maximum Gasteiger partial charge on any atom is 0.126 e. The Morgan fingerprint density at radius 2 is 1.94 bits per heavy atom. The summed E-state index contributed by atoms with van der Waals surface area (Å²) in [5, 5.41) is 3.41. The van der Waals surface area contributed by atoms with E-state index in [1.54, 1.807) is 0 Å². The molecule has 2 fully saturated rings. The second-order valence-corrected chi connectivity index (χ2v) is 5.68. The van der Waals surface area contributed by atoms with Crippen LogP contribution < -0.4 is 5.32 Å². The van der Waals surface area contributed by atoms with Crippen molar-refractivity contribution in [2.24, 2.45) is 0 Å². The number of rotatable bonds is 3. The fraction of sp³-hybridized carbons (Fsp3) is 1.00. The highest BCUT2D eigenvalue weighted by molar-refractivity contribution is 4.90. The largest absolute Gasteiger partial charge is 0.312 e. The Morgan fingerprint density at radius 1 is 1.24 bits per heavy atom. The fourth-order valence-electron chi connectivity index (χ4n) is 2.98. The first-order valence-corrected chi connectivity index (χ1v) is 6.98. The molecule has 0 unspecified atom stereocenters. The van der Waals surface area contributed by atoms with Gasteiger partial charge in [0.15, 0.2) is 0 Å². The minimum Gasteiger partial charge on any atom is -0.312 e. The summed E-state index contributed by atoms with van der Waals surface area (Å²) < 4.78 is 14.7. The third kappa shape index (κ3) is 3.63. The summed E-state index contributed by atoms with van der Waals surface area (Å²) in [7, 11) is 0. The van der Waals surface area contributed by atoms with Gasteiger partial charge in [-0.2, -0.15) is 0 Å². The normalized spacial score (nSPS) is 31.6. The van der Waals surface area contributed by atoms with Gasteiger partial charge in [0, 0.05) is 45.3 Å². The van der Waals surface area contributed by atoms with Gasteiger partial charge in [0.2, 0.25) is 0 Å². The molecule has 2 saturated heterocycles. The molecule has 0 saturated carbocycles. The van der Waals surface area contributed by atoms with Gasteiger partial charge < -0.3 is 10.2 Å². The molecule has 2 aliphatic heterocycles. The topological polar surface area (TPSA) is 18.5 Å². The lowest BCUT2D eigenvalue weighted by Crippen LogP contribution is -2.55. The SMILES string of the molecule is CCN1CCC(F)(CN2CCN[C@@H](C)C2)CC1. The Hall–Kier alpha value is -0.190. The van der Waals surface area contributed by atoms with Crippen molar-refractivity contribution in [1.29, 1.82) is 0 Å². The molecule has 0 aromatic carbocycles. The second kappa shape index (κ2) is 5.63. The van der Waals surface area contributed by atoms with Crippen LogP contribution in [0.15, 0.2) is 0 Å². The summed E-state index contributed by atoms with van der Waals surface area (Å²) in [5.41, 5.74) is -0.942. The lowest BCUT2D eigenvalue weighted by atomic mass is 9.92. The number of likely N-dealkylation sites (tertiary alicyclic amines) is 1. The van der Waals surface area contributed by atoms with E-state index in [4.69, 9.17) is 0 Å². The smallest absolute Gasteiger partial charge is 0.126 e. The molecule has 4 heteroatoms. The highest BCUT2D eigenvalue weighted by atomic mass is 19.1. The number of hydrogen-bond acceptors (Lipinski definition) is 3.